The first-order valence-electron chi connectivity index (χ1n) is 5.91. The summed E-state index contributed by atoms with van der Waals surface area (Å²) in [6.45, 7) is 0. The van der Waals surface area contributed by atoms with E-state index < -0.39 is 15.5 Å². The maximum Gasteiger partial charge on any atom is 0.246 e. The van der Waals surface area contributed by atoms with E-state index in [4.69, 9.17) is 4.74 Å². The average Bonchev–Trinajstić information content (AvgIpc) is 2.90. The van der Waals surface area contributed by atoms with Crippen LogP contribution in [-0.4, -0.2) is 31.7 Å². The van der Waals surface area contributed by atoms with E-state index in [2.05, 4.69) is 9.71 Å². The normalized spacial score (nSPS) is 30.8. The Balaban J connectivity index is 1.84. The molecule has 0 aromatic carbocycles. The van der Waals surface area contributed by atoms with Gasteiger partial charge in [0.05, 0.1) is 18.2 Å². The predicted octanol–water partition coefficient (Wildman–Crippen LogP) is -0.0269. The first-order valence-corrected chi connectivity index (χ1v) is 7.39. The van der Waals surface area contributed by atoms with Gasteiger partial charge in [0.2, 0.25) is 15.5 Å². The molecule has 98 valence electrons. The molecule has 3 heterocycles. The van der Waals surface area contributed by atoms with Gasteiger partial charge in [-0.1, -0.05) is 0 Å². The minimum absolute atomic E-state index is 0.0485. The van der Waals surface area contributed by atoms with E-state index in [1.807, 2.05) is 0 Å². The fourth-order valence-electron chi connectivity index (χ4n) is 2.64. The molecule has 0 aliphatic carbocycles. The quantitative estimate of drug-likeness (QED) is 0.807. The zero-order valence-electron chi connectivity index (χ0n) is 9.63. The molecule has 18 heavy (non-hydrogen) atoms. The van der Waals surface area contributed by atoms with Crippen molar-refractivity contribution in [3.05, 3.63) is 28.7 Å². The summed E-state index contributed by atoms with van der Waals surface area (Å²) < 4.78 is 32.4. The Labute approximate surface area is 104 Å². The lowest BCUT2D eigenvalue weighted by Crippen LogP contribution is -2.42. The second-order valence-electron chi connectivity index (χ2n) is 4.71. The molecule has 2 fully saturated rings. The number of hydrogen-bond acceptors (Lipinski definition) is 4. The fourth-order valence-corrected chi connectivity index (χ4v) is 3.97. The molecule has 2 aliphatic rings. The molecule has 1 aromatic heterocycles. The monoisotopic (exact) mass is 270 g/mol. The maximum absolute atomic E-state index is 12.1. The third kappa shape index (κ3) is 1.98. The van der Waals surface area contributed by atoms with Gasteiger partial charge in [0.15, 0.2) is 0 Å². The summed E-state index contributed by atoms with van der Waals surface area (Å²) in [7, 11) is -3.77. The van der Waals surface area contributed by atoms with Crippen LogP contribution in [0.3, 0.4) is 0 Å². The molecule has 6 nitrogen and oxygen atoms in total. The Morgan fingerprint density at radius 2 is 2.22 bits per heavy atom. The lowest BCUT2D eigenvalue weighted by atomic mass is 9.96. The van der Waals surface area contributed by atoms with Gasteiger partial charge in [-0.05, 0) is 19.3 Å². The Hall–Kier alpha value is -1.18. The molecular weight excluding hydrogens is 256 g/mol. The van der Waals surface area contributed by atoms with Crippen LogP contribution in [0.2, 0.25) is 0 Å². The minimum Gasteiger partial charge on any atom is -0.373 e. The smallest absolute Gasteiger partial charge is 0.246 e. The van der Waals surface area contributed by atoms with Crippen molar-refractivity contribution in [2.24, 2.45) is 0 Å². The molecular formula is C11H14N2O4S. The zero-order valence-corrected chi connectivity index (χ0v) is 10.4. The minimum atomic E-state index is -3.77. The molecule has 2 saturated heterocycles. The molecule has 3 rings (SSSR count). The third-order valence-electron chi connectivity index (χ3n) is 3.49. The highest BCUT2D eigenvalue weighted by Crippen LogP contribution is 2.34. The molecule has 0 spiro atoms. The highest BCUT2D eigenvalue weighted by atomic mass is 32.2. The van der Waals surface area contributed by atoms with Crippen LogP contribution in [0.15, 0.2) is 28.2 Å². The zero-order chi connectivity index (χ0) is 12.8. The van der Waals surface area contributed by atoms with Gasteiger partial charge in [0, 0.05) is 18.5 Å². The van der Waals surface area contributed by atoms with E-state index in [1.54, 1.807) is 0 Å². The van der Waals surface area contributed by atoms with Crippen LogP contribution in [0, 0.1) is 0 Å². The largest absolute Gasteiger partial charge is 0.373 e. The summed E-state index contributed by atoms with van der Waals surface area (Å²) in [4.78, 5) is 13.9. The number of nitrogens with one attached hydrogen (secondary N) is 2. The molecule has 3 atom stereocenters. The summed E-state index contributed by atoms with van der Waals surface area (Å²) in [6.07, 6.45) is 5.29. The standard InChI is InChI=1S/C11H14N2O4S/c14-9-3-4-12-6-11(9)18(15,16)13-8-5-7-1-2-10(8)17-7/h3-4,6-8,10,13H,1-2,5H2,(H,12,14). The predicted molar refractivity (Wildman–Crippen MR) is 63.7 cm³/mol. The summed E-state index contributed by atoms with van der Waals surface area (Å²) >= 11 is 0. The Bertz CT molecular complexity index is 609. The molecule has 2 N–H and O–H groups in total. The van der Waals surface area contributed by atoms with Gasteiger partial charge in [-0.2, -0.15) is 0 Å². The van der Waals surface area contributed by atoms with Crippen LogP contribution >= 0.6 is 0 Å². The van der Waals surface area contributed by atoms with E-state index >= 15 is 0 Å². The van der Waals surface area contributed by atoms with Crippen LogP contribution in [-0.2, 0) is 14.8 Å². The highest BCUT2D eigenvalue weighted by molar-refractivity contribution is 7.89. The number of sulfonamides is 1. The Morgan fingerprint density at radius 1 is 1.39 bits per heavy atom. The van der Waals surface area contributed by atoms with Gasteiger partial charge in [-0.25, -0.2) is 13.1 Å². The van der Waals surface area contributed by atoms with Gasteiger partial charge in [-0.15, -0.1) is 0 Å². The van der Waals surface area contributed by atoms with Crippen LogP contribution in [0.1, 0.15) is 19.3 Å². The number of pyridine rings is 1. The number of aromatic nitrogens is 1. The van der Waals surface area contributed by atoms with Crippen molar-refractivity contribution in [3.63, 3.8) is 0 Å². The van der Waals surface area contributed by atoms with E-state index in [1.165, 1.54) is 18.5 Å². The second-order valence-corrected chi connectivity index (χ2v) is 6.39. The summed E-state index contributed by atoms with van der Waals surface area (Å²) in [5.74, 6) is 0. The Kier molecular flexibility index (Phi) is 2.76. The first kappa shape index (κ1) is 11.9. The fraction of sp³-hybridized carbons (Fsp3) is 0.545. The summed E-state index contributed by atoms with van der Waals surface area (Å²) in [5.41, 5.74) is -0.509. The van der Waals surface area contributed by atoms with E-state index in [-0.39, 0.29) is 23.1 Å². The molecule has 2 bridgehead atoms. The molecule has 0 saturated carbocycles. The second kappa shape index (κ2) is 4.18. The lowest BCUT2D eigenvalue weighted by Gasteiger charge is -2.19. The van der Waals surface area contributed by atoms with Crippen LogP contribution in [0.5, 0.6) is 0 Å². The molecule has 1 aromatic rings. The number of hydrogen-bond donors (Lipinski definition) is 2. The van der Waals surface area contributed by atoms with Crippen molar-refractivity contribution < 1.29 is 13.2 Å². The van der Waals surface area contributed by atoms with E-state index in [0.717, 1.165) is 12.8 Å². The topological polar surface area (TPSA) is 88.3 Å². The van der Waals surface area contributed by atoms with Crippen molar-refractivity contribution in [2.75, 3.05) is 0 Å². The van der Waals surface area contributed by atoms with Gasteiger partial charge < -0.3 is 9.72 Å². The first-order chi connectivity index (χ1) is 8.56. The molecule has 2 aliphatic heterocycles. The van der Waals surface area contributed by atoms with Gasteiger partial charge in [-0.3, -0.25) is 4.79 Å². The number of fused-ring (bicyclic) bond motifs is 2. The molecule has 7 heteroatoms. The van der Waals surface area contributed by atoms with Crippen LogP contribution in [0.4, 0.5) is 0 Å². The van der Waals surface area contributed by atoms with Crippen molar-refractivity contribution in [1.82, 2.24) is 9.71 Å². The molecule has 3 unspecified atom stereocenters. The van der Waals surface area contributed by atoms with Crippen molar-refractivity contribution in [3.8, 4) is 0 Å². The third-order valence-corrected chi connectivity index (χ3v) is 5.00. The van der Waals surface area contributed by atoms with Gasteiger partial charge in [0.25, 0.3) is 0 Å². The number of H-pyrrole nitrogens is 1. The Morgan fingerprint density at radius 3 is 2.83 bits per heavy atom. The van der Waals surface area contributed by atoms with Gasteiger partial charge in [0.1, 0.15) is 4.90 Å². The van der Waals surface area contributed by atoms with Crippen molar-refractivity contribution in [2.45, 2.75) is 42.4 Å². The van der Waals surface area contributed by atoms with Gasteiger partial charge >= 0.3 is 0 Å². The van der Waals surface area contributed by atoms with Crippen LogP contribution < -0.4 is 10.2 Å². The number of ether oxygens (including phenoxy) is 1. The van der Waals surface area contributed by atoms with E-state index in [9.17, 15) is 13.2 Å². The number of rotatable bonds is 3. The maximum atomic E-state index is 12.1. The lowest BCUT2D eigenvalue weighted by molar-refractivity contribution is 0.0996. The van der Waals surface area contributed by atoms with Crippen molar-refractivity contribution in [1.29, 1.82) is 0 Å². The average molecular weight is 270 g/mol. The molecule has 0 amide bonds. The van der Waals surface area contributed by atoms with E-state index in [0.29, 0.717) is 6.42 Å². The summed E-state index contributed by atoms with van der Waals surface area (Å²) in [6, 6.07) is 0.986. The van der Waals surface area contributed by atoms with Crippen LogP contribution in [0.25, 0.3) is 0 Å². The van der Waals surface area contributed by atoms with Crippen molar-refractivity contribution >= 4 is 10.0 Å². The summed E-state index contributed by atoms with van der Waals surface area (Å²) in [5, 5.41) is 0. The SMILES string of the molecule is O=c1cc[nH]cc1S(=O)(=O)NC1CC2CCC1O2. The molecule has 0 radical (unpaired) electrons. The number of aromatic amines is 1. The highest BCUT2D eigenvalue weighted by Gasteiger charge is 2.42.